The predicted octanol–water partition coefficient (Wildman–Crippen LogP) is 8.59. The van der Waals surface area contributed by atoms with Gasteiger partial charge in [0.05, 0.1) is 10.6 Å². The average Bonchev–Trinajstić information content (AvgIpc) is 2.73. The van der Waals surface area contributed by atoms with Gasteiger partial charge in [0, 0.05) is 0 Å². The Hall–Kier alpha value is -1.09. The maximum Gasteiger partial charge on any atom is 0.178 e. The summed E-state index contributed by atoms with van der Waals surface area (Å²) in [5.74, 6) is 0.283. The van der Waals surface area contributed by atoms with Gasteiger partial charge in [-0.15, -0.1) is 6.58 Å². The van der Waals surface area contributed by atoms with Crippen LogP contribution in [-0.4, -0.2) is 14.2 Å². The predicted molar refractivity (Wildman–Crippen MR) is 132 cm³/mol. The zero-order valence-corrected chi connectivity index (χ0v) is 20.4. The molecule has 0 bridgehead atoms. The van der Waals surface area contributed by atoms with Crippen molar-refractivity contribution in [2.75, 3.05) is 5.75 Å². The highest BCUT2D eigenvalue weighted by Crippen LogP contribution is 2.16. The third-order valence-corrected chi connectivity index (χ3v) is 7.77. The molecule has 1 aromatic carbocycles. The third-order valence-electron chi connectivity index (χ3n) is 5.95. The van der Waals surface area contributed by atoms with Crippen molar-refractivity contribution in [2.45, 2.75) is 121 Å². The molecule has 30 heavy (non-hydrogen) atoms. The van der Waals surface area contributed by atoms with Gasteiger partial charge in [-0.1, -0.05) is 114 Å². The minimum atomic E-state index is -3.10. The molecule has 0 aromatic heterocycles. The summed E-state index contributed by atoms with van der Waals surface area (Å²) in [6.07, 6.45) is 23.9. The molecule has 0 spiro atoms. The topological polar surface area (TPSA) is 34.1 Å². The lowest BCUT2D eigenvalue weighted by molar-refractivity contribution is 0.529. The van der Waals surface area contributed by atoms with E-state index in [1.54, 1.807) is 12.1 Å². The Bertz CT molecular complexity index is 631. The molecule has 0 unspecified atom stereocenters. The highest BCUT2D eigenvalue weighted by atomic mass is 32.2. The Morgan fingerprint density at radius 1 is 0.633 bits per heavy atom. The Morgan fingerprint density at radius 2 is 1.00 bits per heavy atom. The summed E-state index contributed by atoms with van der Waals surface area (Å²) < 4.78 is 24.6. The second kappa shape index (κ2) is 17.6. The number of benzene rings is 1. The van der Waals surface area contributed by atoms with Crippen molar-refractivity contribution in [3.63, 3.8) is 0 Å². The van der Waals surface area contributed by atoms with E-state index in [1.807, 2.05) is 25.1 Å². The summed E-state index contributed by atoms with van der Waals surface area (Å²) >= 11 is 0. The molecule has 0 radical (unpaired) electrons. The highest BCUT2D eigenvalue weighted by molar-refractivity contribution is 7.91. The molecule has 3 heteroatoms. The zero-order chi connectivity index (χ0) is 21.9. The number of hydrogen-bond donors (Lipinski definition) is 0. The number of hydrogen-bond acceptors (Lipinski definition) is 2. The Morgan fingerprint density at radius 3 is 1.40 bits per heavy atom. The van der Waals surface area contributed by atoms with Gasteiger partial charge in [-0.2, -0.15) is 0 Å². The normalized spacial score (nSPS) is 11.6. The summed E-state index contributed by atoms with van der Waals surface area (Å²) in [6.45, 7) is 5.75. The van der Waals surface area contributed by atoms with E-state index in [0.717, 1.165) is 24.8 Å². The van der Waals surface area contributed by atoms with Crippen LogP contribution in [0, 0.1) is 6.92 Å². The first-order chi connectivity index (χ1) is 14.6. The molecule has 0 atom stereocenters. The van der Waals surface area contributed by atoms with Crippen molar-refractivity contribution in [1.29, 1.82) is 0 Å². The molecule has 0 fully saturated rings. The van der Waals surface area contributed by atoms with Crippen molar-refractivity contribution in [3.05, 3.63) is 42.5 Å². The minimum Gasteiger partial charge on any atom is -0.224 e. The van der Waals surface area contributed by atoms with Gasteiger partial charge in [-0.05, 0) is 38.3 Å². The zero-order valence-electron chi connectivity index (χ0n) is 19.5. The van der Waals surface area contributed by atoms with Gasteiger partial charge in [0.15, 0.2) is 9.84 Å². The molecule has 0 aliphatic carbocycles. The van der Waals surface area contributed by atoms with Gasteiger partial charge in [-0.25, -0.2) is 8.42 Å². The maximum atomic E-state index is 12.3. The quantitative estimate of drug-likeness (QED) is 0.152. The van der Waals surface area contributed by atoms with Gasteiger partial charge >= 0.3 is 0 Å². The fourth-order valence-electron chi connectivity index (χ4n) is 3.92. The van der Waals surface area contributed by atoms with E-state index < -0.39 is 9.84 Å². The van der Waals surface area contributed by atoms with Crippen LogP contribution in [0.2, 0.25) is 0 Å². The van der Waals surface area contributed by atoms with Crippen LogP contribution in [-0.2, 0) is 9.84 Å². The fraction of sp³-hybridized carbons (Fsp3) is 0.704. The van der Waals surface area contributed by atoms with Crippen molar-refractivity contribution in [1.82, 2.24) is 0 Å². The van der Waals surface area contributed by atoms with E-state index >= 15 is 0 Å². The summed E-state index contributed by atoms with van der Waals surface area (Å²) in [7, 11) is -3.10. The lowest BCUT2D eigenvalue weighted by Crippen LogP contribution is -2.06. The number of aryl methyl sites for hydroxylation is 1. The highest BCUT2D eigenvalue weighted by Gasteiger charge is 2.13. The van der Waals surface area contributed by atoms with E-state index in [0.29, 0.717) is 4.90 Å². The van der Waals surface area contributed by atoms with Gasteiger partial charge in [-0.3, -0.25) is 0 Å². The lowest BCUT2D eigenvalue weighted by atomic mass is 10.0. The van der Waals surface area contributed by atoms with Gasteiger partial charge < -0.3 is 0 Å². The molecule has 1 aromatic rings. The number of allylic oxidation sites excluding steroid dienone is 1. The van der Waals surface area contributed by atoms with Crippen molar-refractivity contribution in [3.8, 4) is 0 Å². The molecule has 0 N–H and O–H groups in total. The number of unbranched alkanes of at least 4 members (excludes halogenated alkanes) is 16. The van der Waals surface area contributed by atoms with Gasteiger partial charge in [0.2, 0.25) is 0 Å². The van der Waals surface area contributed by atoms with Crippen LogP contribution in [0.5, 0.6) is 0 Å². The van der Waals surface area contributed by atoms with E-state index in [9.17, 15) is 8.42 Å². The second-order valence-corrected chi connectivity index (χ2v) is 11.0. The monoisotopic (exact) mass is 434 g/mol. The van der Waals surface area contributed by atoms with E-state index in [4.69, 9.17) is 0 Å². The number of sulfone groups is 1. The van der Waals surface area contributed by atoms with E-state index in [2.05, 4.69) is 6.58 Å². The summed E-state index contributed by atoms with van der Waals surface area (Å²) in [5.41, 5.74) is 1.10. The summed E-state index contributed by atoms with van der Waals surface area (Å²) in [4.78, 5) is 0.469. The average molecular weight is 435 g/mol. The Labute approximate surface area is 187 Å². The van der Waals surface area contributed by atoms with E-state index in [1.165, 1.54) is 89.9 Å². The van der Waals surface area contributed by atoms with Crippen LogP contribution in [0.1, 0.15) is 115 Å². The third kappa shape index (κ3) is 14.0. The van der Waals surface area contributed by atoms with Gasteiger partial charge in [0.1, 0.15) is 0 Å². The molecule has 0 amide bonds. The summed E-state index contributed by atoms with van der Waals surface area (Å²) in [5, 5.41) is 0. The Kier molecular flexibility index (Phi) is 15.8. The van der Waals surface area contributed by atoms with Crippen molar-refractivity contribution in [2.24, 2.45) is 0 Å². The van der Waals surface area contributed by atoms with Crippen molar-refractivity contribution < 1.29 is 8.42 Å². The molecule has 1 rings (SSSR count). The first-order valence-electron chi connectivity index (χ1n) is 12.5. The minimum absolute atomic E-state index is 0.283. The largest absolute Gasteiger partial charge is 0.224 e. The van der Waals surface area contributed by atoms with Crippen LogP contribution in [0.15, 0.2) is 41.8 Å². The smallest absolute Gasteiger partial charge is 0.178 e. The van der Waals surface area contributed by atoms with E-state index in [-0.39, 0.29) is 5.75 Å². The molecule has 0 aliphatic heterocycles. The lowest BCUT2D eigenvalue weighted by Gasteiger charge is -2.05. The molecule has 0 heterocycles. The standard InChI is InChI=1S/C27H46O2S/c1-3-4-5-6-7-8-9-10-11-12-13-14-15-16-17-18-19-20-25-30(28,29)27-23-21-26(2)22-24-27/h3,21-24H,1,4-20,25H2,2H3. The SMILES string of the molecule is C=CCCCCCCCCCCCCCCCCCCS(=O)(=O)c1ccc(C)cc1. The van der Waals surface area contributed by atoms with Crippen LogP contribution in [0.25, 0.3) is 0 Å². The van der Waals surface area contributed by atoms with Crippen LogP contribution >= 0.6 is 0 Å². The van der Waals surface area contributed by atoms with Crippen molar-refractivity contribution >= 4 is 9.84 Å². The van der Waals surface area contributed by atoms with Crippen LogP contribution in [0.4, 0.5) is 0 Å². The fourth-order valence-corrected chi connectivity index (χ4v) is 5.29. The maximum absolute atomic E-state index is 12.3. The summed E-state index contributed by atoms with van der Waals surface area (Å²) in [6, 6.07) is 7.21. The molecule has 0 saturated carbocycles. The second-order valence-electron chi connectivity index (χ2n) is 8.87. The first-order valence-corrected chi connectivity index (χ1v) is 14.1. The molecule has 2 nitrogen and oxygen atoms in total. The molecule has 172 valence electrons. The molecule has 0 aliphatic rings. The van der Waals surface area contributed by atoms with Crippen LogP contribution in [0.3, 0.4) is 0 Å². The molecule has 0 saturated heterocycles. The van der Waals surface area contributed by atoms with Gasteiger partial charge in [0.25, 0.3) is 0 Å². The number of rotatable bonds is 20. The van der Waals surface area contributed by atoms with Crippen LogP contribution < -0.4 is 0 Å². The Balaban J connectivity index is 1.84. The molecular formula is C27H46O2S. The molecular weight excluding hydrogens is 388 g/mol. The first kappa shape index (κ1) is 26.9.